The van der Waals surface area contributed by atoms with Gasteiger partial charge in [0, 0.05) is 50.9 Å². The Hall–Kier alpha value is -1.63. The van der Waals surface area contributed by atoms with Crippen molar-refractivity contribution in [1.82, 2.24) is 15.0 Å². The van der Waals surface area contributed by atoms with E-state index in [4.69, 9.17) is 20.9 Å². The van der Waals surface area contributed by atoms with Crippen molar-refractivity contribution >= 4 is 17.4 Å². The molecule has 0 saturated carbocycles. The fraction of sp³-hybridized carbons (Fsp3) is 0.500. The molecule has 0 N–H and O–H groups in total. The third kappa shape index (κ3) is 3.06. The lowest BCUT2D eigenvalue weighted by atomic mass is 10.1. The van der Waals surface area contributed by atoms with Gasteiger partial charge in [0.1, 0.15) is 17.3 Å². The summed E-state index contributed by atoms with van der Waals surface area (Å²) in [5.74, 6) is 1.87. The highest BCUT2D eigenvalue weighted by atomic mass is 35.5. The van der Waals surface area contributed by atoms with Gasteiger partial charge < -0.3 is 14.2 Å². The van der Waals surface area contributed by atoms with Gasteiger partial charge in [-0.2, -0.15) is 0 Å². The summed E-state index contributed by atoms with van der Waals surface area (Å²) < 4.78 is 11.0. The summed E-state index contributed by atoms with van der Waals surface area (Å²) in [6, 6.07) is 3.75. The van der Waals surface area contributed by atoms with Crippen LogP contribution in [-0.4, -0.2) is 47.8 Å². The maximum atomic E-state index is 6.23. The predicted octanol–water partition coefficient (Wildman–Crippen LogP) is 2.12. The second kappa shape index (κ2) is 6.47. The van der Waals surface area contributed by atoms with E-state index in [1.807, 2.05) is 12.1 Å². The fourth-order valence-corrected chi connectivity index (χ4v) is 3.39. The third-order valence-corrected chi connectivity index (χ3v) is 4.75. The molecule has 0 unspecified atom stereocenters. The minimum absolute atomic E-state index is 0.623. The number of hydrogen-bond donors (Lipinski definition) is 0. The Morgan fingerprint density at radius 1 is 1.22 bits per heavy atom. The standard InChI is InChI=1S/C16H19ClN4O2/c17-13-2-1-4-18-16(13)21-7-5-20(6-8-21)10-14-12-11-22-9-3-15(12)23-19-14/h1-2,4H,3,5-11H2. The van der Waals surface area contributed by atoms with Crippen LogP contribution >= 0.6 is 11.6 Å². The number of pyridine rings is 1. The number of anilines is 1. The second-order valence-electron chi connectivity index (χ2n) is 5.91. The van der Waals surface area contributed by atoms with Gasteiger partial charge in [-0.25, -0.2) is 4.98 Å². The molecule has 1 saturated heterocycles. The van der Waals surface area contributed by atoms with Crippen molar-refractivity contribution < 1.29 is 9.26 Å². The molecule has 4 rings (SSSR count). The van der Waals surface area contributed by atoms with Crippen LogP contribution in [0.2, 0.25) is 5.02 Å². The summed E-state index contributed by atoms with van der Waals surface area (Å²) in [7, 11) is 0. The Kier molecular flexibility index (Phi) is 4.20. The number of hydrogen-bond acceptors (Lipinski definition) is 6. The quantitative estimate of drug-likeness (QED) is 0.857. The molecule has 0 aromatic carbocycles. The Balaban J connectivity index is 1.39. The molecule has 23 heavy (non-hydrogen) atoms. The monoisotopic (exact) mass is 334 g/mol. The van der Waals surface area contributed by atoms with Crippen molar-refractivity contribution in [2.24, 2.45) is 0 Å². The molecule has 0 atom stereocenters. The van der Waals surface area contributed by atoms with Gasteiger partial charge in [-0.3, -0.25) is 4.90 Å². The molecule has 4 heterocycles. The first kappa shape index (κ1) is 14.9. The summed E-state index contributed by atoms with van der Waals surface area (Å²) in [5, 5.41) is 4.95. The third-order valence-electron chi connectivity index (χ3n) is 4.46. The van der Waals surface area contributed by atoms with Crippen molar-refractivity contribution in [1.29, 1.82) is 0 Å². The zero-order chi connectivity index (χ0) is 15.6. The lowest BCUT2D eigenvalue weighted by Gasteiger charge is -2.35. The highest BCUT2D eigenvalue weighted by molar-refractivity contribution is 6.32. The van der Waals surface area contributed by atoms with Crippen LogP contribution in [0, 0.1) is 0 Å². The van der Waals surface area contributed by atoms with E-state index in [0.717, 1.165) is 68.6 Å². The normalized spacial score (nSPS) is 18.9. The van der Waals surface area contributed by atoms with E-state index in [1.165, 1.54) is 0 Å². The van der Waals surface area contributed by atoms with Gasteiger partial charge in [0.15, 0.2) is 0 Å². The lowest BCUT2D eigenvalue weighted by Crippen LogP contribution is -2.46. The summed E-state index contributed by atoms with van der Waals surface area (Å²) in [4.78, 5) is 9.02. The summed E-state index contributed by atoms with van der Waals surface area (Å²) in [6.07, 6.45) is 2.61. The molecular weight excluding hydrogens is 316 g/mol. The van der Waals surface area contributed by atoms with E-state index in [-0.39, 0.29) is 0 Å². The van der Waals surface area contributed by atoms with E-state index in [2.05, 4.69) is 19.9 Å². The van der Waals surface area contributed by atoms with Crippen molar-refractivity contribution in [2.75, 3.05) is 37.7 Å². The predicted molar refractivity (Wildman–Crippen MR) is 86.6 cm³/mol. The molecule has 2 aromatic rings. The lowest BCUT2D eigenvalue weighted by molar-refractivity contribution is 0.102. The topological polar surface area (TPSA) is 54.6 Å². The Morgan fingerprint density at radius 3 is 2.91 bits per heavy atom. The van der Waals surface area contributed by atoms with Gasteiger partial charge in [-0.05, 0) is 12.1 Å². The fourth-order valence-electron chi connectivity index (χ4n) is 3.14. The average Bonchev–Trinajstić information content (AvgIpc) is 2.99. The van der Waals surface area contributed by atoms with Crippen molar-refractivity contribution in [2.45, 2.75) is 19.6 Å². The molecule has 0 aliphatic carbocycles. The second-order valence-corrected chi connectivity index (χ2v) is 6.31. The largest absolute Gasteiger partial charge is 0.376 e. The van der Waals surface area contributed by atoms with Crippen molar-refractivity contribution in [3.8, 4) is 0 Å². The Morgan fingerprint density at radius 2 is 2.09 bits per heavy atom. The van der Waals surface area contributed by atoms with Crippen molar-refractivity contribution in [3.63, 3.8) is 0 Å². The zero-order valence-electron chi connectivity index (χ0n) is 12.9. The van der Waals surface area contributed by atoms with Crippen LogP contribution in [0.5, 0.6) is 0 Å². The minimum atomic E-state index is 0.623. The molecule has 7 heteroatoms. The molecule has 0 bridgehead atoms. The number of aromatic nitrogens is 2. The number of rotatable bonds is 3. The van der Waals surface area contributed by atoms with Gasteiger partial charge in [0.2, 0.25) is 0 Å². The molecule has 2 aliphatic heterocycles. The zero-order valence-corrected chi connectivity index (χ0v) is 13.6. The van der Waals surface area contributed by atoms with E-state index in [9.17, 15) is 0 Å². The van der Waals surface area contributed by atoms with Crippen LogP contribution in [0.1, 0.15) is 17.0 Å². The molecule has 2 aliphatic rings. The summed E-state index contributed by atoms with van der Waals surface area (Å²) in [6.45, 7) is 5.89. The highest BCUT2D eigenvalue weighted by Crippen LogP contribution is 2.25. The van der Waals surface area contributed by atoms with Gasteiger partial charge >= 0.3 is 0 Å². The maximum absolute atomic E-state index is 6.23. The van der Waals surface area contributed by atoms with E-state index in [0.29, 0.717) is 11.6 Å². The molecule has 122 valence electrons. The van der Waals surface area contributed by atoms with Gasteiger partial charge in [0.05, 0.1) is 18.2 Å². The Bertz CT molecular complexity index is 682. The van der Waals surface area contributed by atoms with Crippen LogP contribution < -0.4 is 4.90 Å². The number of halogens is 1. The average molecular weight is 335 g/mol. The summed E-state index contributed by atoms with van der Waals surface area (Å²) >= 11 is 6.23. The number of fused-ring (bicyclic) bond motifs is 1. The van der Waals surface area contributed by atoms with Gasteiger partial charge in [-0.15, -0.1) is 0 Å². The first-order chi connectivity index (χ1) is 11.3. The van der Waals surface area contributed by atoms with E-state index < -0.39 is 0 Å². The van der Waals surface area contributed by atoms with Crippen LogP contribution in [0.3, 0.4) is 0 Å². The number of piperazine rings is 1. The van der Waals surface area contributed by atoms with E-state index >= 15 is 0 Å². The Labute approximate surface area is 140 Å². The smallest absolute Gasteiger partial charge is 0.147 e. The highest BCUT2D eigenvalue weighted by Gasteiger charge is 2.24. The maximum Gasteiger partial charge on any atom is 0.147 e. The molecule has 2 aromatic heterocycles. The molecule has 0 radical (unpaired) electrons. The first-order valence-electron chi connectivity index (χ1n) is 7.93. The first-order valence-corrected chi connectivity index (χ1v) is 8.31. The molecule has 0 amide bonds. The number of ether oxygens (including phenoxy) is 1. The van der Waals surface area contributed by atoms with Crippen LogP contribution in [0.4, 0.5) is 5.82 Å². The van der Waals surface area contributed by atoms with Crippen LogP contribution in [0.15, 0.2) is 22.9 Å². The van der Waals surface area contributed by atoms with E-state index in [1.54, 1.807) is 6.20 Å². The molecular formula is C16H19ClN4O2. The molecule has 0 spiro atoms. The SMILES string of the molecule is Clc1cccnc1N1CCN(Cc2noc3c2COCC3)CC1. The van der Waals surface area contributed by atoms with Gasteiger partial charge in [0.25, 0.3) is 0 Å². The minimum Gasteiger partial charge on any atom is -0.376 e. The number of nitrogens with zero attached hydrogens (tertiary/aromatic N) is 4. The van der Waals surface area contributed by atoms with Crippen LogP contribution in [0.25, 0.3) is 0 Å². The van der Waals surface area contributed by atoms with Crippen molar-refractivity contribution in [3.05, 3.63) is 40.4 Å². The molecule has 1 fully saturated rings. The molecule has 6 nitrogen and oxygen atoms in total. The summed E-state index contributed by atoms with van der Waals surface area (Å²) in [5.41, 5.74) is 2.16. The van der Waals surface area contributed by atoms with Crippen LogP contribution in [-0.2, 0) is 24.3 Å². The van der Waals surface area contributed by atoms with Gasteiger partial charge in [-0.1, -0.05) is 16.8 Å².